The Kier molecular flexibility index (Phi) is 5.59. The lowest BCUT2D eigenvalue weighted by Gasteiger charge is -2.37. The van der Waals surface area contributed by atoms with Gasteiger partial charge in [0, 0.05) is 25.7 Å². The number of anilines is 2. The van der Waals surface area contributed by atoms with Gasteiger partial charge in [0.05, 0.1) is 26.9 Å². The predicted octanol–water partition coefficient (Wildman–Crippen LogP) is 2.47. The van der Waals surface area contributed by atoms with Crippen LogP contribution in [-0.2, 0) is 17.7 Å². The van der Waals surface area contributed by atoms with Gasteiger partial charge in [-0.1, -0.05) is 12.1 Å². The lowest BCUT2D eigenvalue weighted by Crippen LogP contribution is -2.56. The van der Waals surface area contributed by atoms with E-state index in [1.165, 1.54) is 11.0 Å². The Morgan fingerprint density at radius 1 is 1.19 bits per heavy atom. The molecule has 168 valence electrons. The maximum atomic E-state index is 14.1. The lowest BCUT2D eigenvalue weighted by molar-refractivity contribution is -0.182. The second-order valence-electron chi connectivity index (χ2n) is 7.96. The van der Waals surface area contributed by atoms with E-state index >= 15 is 0 Å². The number of alkyl halides is 3. The first kappa shape index (κ1) is 21.5. The van der Waals surface area contributed by atoms with Gasteiger partial charge >= 0.3 is 6.18 Å². The summed E-state index contributed by atoms with van der Waals surface area (Å²) in [5.74, 6) is 1.13. The minimum atomic E-state index is -4.54. The Morgan fingerprint density at radius 3 is 2.48 bits per heavy atom. The summed E-state index contributed by atoms with van der Waals surface area (Å²) in [6.45, 7) is 2.77. The van der Waals surface area contributed by atoms with Gasteiger partial charge in [-0.15, -0.1) is 0 Å². The third kappa shape index (κ3) is 3.96. The molecule has 1 unspecified atom stereocenters. The van der Waals surface area contributed by atoms with Crippen molar-refractivity contribution >= 4 is 11.8 Å². The van der Waals surface area contributed by atoms with Crippen molar-refractivity contribution in [2.75, 3.05) is 49.8 Å². The third-order valence-corrected chi connectivity index (χ3v) is 6.01. The number of hydrogen-bond donors (Lipinski definition) is 0. The molecule has 2 aliphatic heterocycles. The highest BCUT2D eigenvalue weighted by Gasteiger charge is 2.59. The minimum absolute atomic E-state index is 0.0577. The van der Waals surface area contributed by atoms with E-state index in [0.717, 1.165) is 17.1 Å². The first-order chi connectivity index (χ1) is 14.7. The Morgan fingerprint density at radius 2 is 1.87 bits per heavy atom. The molecule has 0 N–H and O–H groups in total. The minimum Gasteiger partial charge on any atom is -0.497 e. The molecule has 0 spiro atoms. The molecule has 0 radical (unpaired) electrons. The molecule has 1 saturated heterocycles. The number of morpholine rings is 1. The van der Waals surface area contributed by atoms with Crippen LogP contribution < -0.4 is 20.1 Å². The smallest absolute Gasteiger partial charge is 0.413 e. The molecule has 0 saturated carbocycles. The number of nitrogens with zero attached hydrogens (tertiary/aromatic N) is 4. The van der Waals surface area contributed by atoms with Crippen molar-refractivity contribution in [1.82, 2.24) is 9.55 Å². The summed E-state index contributed by atoms with van der Waals surface area (Å²) in [7, 11) is 1.56. The van der Waals surface area contributed by atoms with E-state index in [2.05, 4.69) is 4.98 Å². The molecule has 1 atom stereocenters. The first-order valence-electron chi connectivity index (χ1n) is 10.1. The lowest BCUT2D eigenvalue weighted by atomic mass is 10.00. The molecule has 2 aromatic rings. The molecule has 10 heteroatoms. The molecular weight excluding hydrogens is 413 g/mol. The predicted molar refractivity (Wildman–Crippen MR) is 110 cm³/mol. The van der Waals surface area contributed by atoms with Crippen LogP contribution in [0, 0.1) is 0 Å². The fourth-order valence-corrected chi connectivity index (χ4v) is 4.03. The molecule has 7 nitrogen and oxygen atoms in total. The second-order valence-corrected chi connectivity index (χ2v) is 7.96. The van der Waals surface area contributed by atoms with Gasteiger partial charge in [-0.2, -0.15) is 18.2 Å². The SMILES string of the molecule is COc1ccc(CCN2c3nc(N4CCOCC4)cc(=O)n3CC2(C)C(F)(F)F)cc1. The summed E-state index contributed by atoms with van der Waals surface area (Å²) in [4.78, 5) is 20.3. The van der Waals surface area contributed by atoms with Gasteiger partial charge in [0.15, 0.2) is 5.54 Å². The van der Waals surface area contributed by atoms with E-state index in [9.17, 15) is 18.0 Å². The quantitative estimate of drug-likeness (QED) is 0.715. The zero-order chi connectivity index (χ0) is 22.2. The molecule has 2 aliphatic rings. The average molecular weight is 438 g/mol. The Hall–Kier alpha value is -2.75. The van der Waals surface area contributed by atoms with Gasteiger partial charge in [0.1, 0.15) is 11.6 Å². The average Bonchev–Trinajstić information content (AvgIpc) is 3.06. The second kappa shape index (κ2) is 8.07. The molecule has 3 heterocycles. The van der Waals surface area contributed by atoms with Crippen LogP contribution in [0.2, 0.25) is 0 Å². The summed E-state index contributed by atoms with van der Waals surface area (Å²) in [6, 6.07) is 8.51. The molecule has 0 bridgehead atoms. The molecule has 1 aromatic carbocycles. The fourth-order valence-electron chi connectivity index (χ4n) is 4.03. The van der Waals surface area contributed by atoms with Crippen molar-refractivity contribution in [1.29, 1.82) is 0 Å². The maximum absolute atomic E-state index is 14.1. The number of benzene rings is 1. The van der Waals surface area contributed by atoms with Gasteiger partial charge < -0.3 is 19.3 Å². The van der Waals surface area contributed by atoms with Crippen LogP contribution in [0.3, 0.4) is 0 Å². The van der Waals surface area contributed by atoms with Crippen LogP contribution in [-0.4, -0.2) is 61.2 Å². The fraction of sp³-hybridized carbons (Fsp3) is 0.524. The van der Waals surface area contributed by atoms with Crippen molar-refractivity contribution in [2.24, 2.45) is 0 Å². The van der Waals surface area contributed by atoms with Crippen molar-refractivity contribution in [2.45, 2.75) is 31.6 Å². The standard InChI is InChI=1S/C21H25F3N4O3/c1-20(21(22,23)24)14-27-18(29)13-17(26-9-11-31-12-10-26)25-19(27)28(20)8-7-15-3-5-16(30-2)6-4-15/h3-6,13H,7-12,14H2,1-2H3. The van der Waals surface area contributed by atoms with E-state index in [0.29, 0.717) is 44.3 Å². The number of ether oxygens (including phenoxy) is 2. The van der Waals surface area contributed by atoms with Gasteiger partial charge in [-0.05, 0) is 31.0 Å². The zero-order valence-electron chi connectivity index (χ0n) is 17.5. The normalized spacial score (nSPS) is 21.3. The Labute approximate surface area is 178 Å². The summed E-state index contributed by atoms with van der Waals surface area (Å²) >= 11 is 0. The van der Waals surface area contributed by atoms with Crippen LogP contribution in [0.5, 0.6) is 5.75 Å². The molecule has 4 rings (SSSR count). The summed E-state index contributed by atoms with van der Waals surface area (Å²) in [6.07, 6.45) is -4.17. The molecular formula is C21H25F3N4O3. The van der Waals surface area contributed by atoms with Crippen LogP contribution in [0.25, 0.3) is 0 Å². The van der Waals surface area contributed by atoms with Crippen molar-refractivity contribution in [3.8, 4) is 5.75 Å². The molecule has 1 fully saturated rings. The van der Waals surface area contributed by atoms with E-state index in [-0.39, 0.29) is 12.5 Å². The molecule has 31 heavy (non-hydrogen) atoms. The third-order valence-electron chi connectivity index (χ3n) is 6.01. The maximum Gasteiger partial charge on any atom is 0.413 e. The summed E-state index contributed by atoms with van der Waals surface area (Å²) < 4.78 is 54.0. The highest BCUT2D eigenvalue weighted by atomic mass is 19.4. The van der Waals surface area contributed by atoms with E-state index in [1.807, 2.05) is 17.0 Å². The number of aromatic nitrogens is 2. The summed E-state index contributed by atoms with van der Waals surface area (Å²) in [5, 5.41) is 0. The highest BCUT2D eigenvalue weighted by Crippen LogP contribution is 2.43. The molecule has 0 amide bonds. The number of hydrogen-bond acceptors (Lipinski definition) is 6. The van der Waals surface area contributed by atoms with Crippen molar-refractivity contribution < 1.29 is 22.6 Å². The van der Waals surface area contributed by atoms with Gasteiger partial charge in [-0.25, -0.2) is 0 Å². The largest absolute Gasteiger partial charge is 0.497 e. The van der Waals surface area contributed by atoms with Crippen molar-refractivity contribution in [3.63, 3.8) is 0 Å². The zero-order valence-corrected chi connectivity index (χ0v) is 17.5. The number of halogens is 3. The number of fused-ring (bicyclic) bond motifs is 1. The van der Waals surface area contributed by atoms with E-state index in [1.54, 1.807) is 19.2 Å². The van der Waals surface area contributed by atoms with Crippen LogP contribution in [0.1, 0.15) is 12.5 Å². The first-order valence-corrected chi connectivity index (χ1v) is 10.1. The number of rotatable bonds is 5. The Balaban J connectivity index is 1.68. The van der Waals surface area contributed by atoms with Gasteiger partial charge in [-0.3, -0.25) is 9.36 Å². The molecule has 1 aromatic heterocycles. The molecule has 0 aliphatic carbocycles. The highest BCUT2D eigenvalue weighted by molar-refractivity contribution is 5.50. The van der Waals surface area contributed by atoms with E-state index < -0.39 is 23.8 Å². The topological polar surface area (TPSA) is 59.8 Å². The van der Waals surface area contributed by atoms with Gasteiger partial charge in [0.2, 0.25) is 5.95 Å². The Bertz CT molecular complexity index is 987. The van der Waals surface area contributed by atoms with Crippen LogP contribution in [0.15, 0.2) is 35.1 Å². The van der Waals surface area contributed by atoms with Crippen molar-refractivity contribution in [3.05, 3.63) is 46.2 Å². The monoisotopic (exact) mass is 438 g/mol. The number of methoxy groups -OCH3 is 1. The summed E-state index contributed by atoms with van der Waals surface area (Å²) in [5.41, 5.74) is -1.83. The van der Waals surface area contributed by atoms with E-state index in [4.69, 9.17) is 9.47 Å². The van der Waals surface area contributed by atoms with Crippen LogP contribution in [0.4, 0.5) is 24.9 Å². The van der Waals surface area contributed by atoms with Crippen LogP contribution >= 0.6 is 0 Å². The van der Waals surface area contributed by atoms with Gasteiger partial charge in [0.25, 0.3) is 5.56 Å².